The summed E-state index contributed by atoms with van der Waals surface area (Å²) in [6, 6.07) is 13.6. The van der Waals surface area contributed by atoms with E-state index >= 15 is 0 Å². The van der Waals surface area contributed by atoms with E-state index in [9.17, 15) is 0 Å². The van der Waals surface area contributed by atoms with Gasteiger partial charge < -0.3 is 15.0 Å². The van der Waals surface area contributed by atoms with Crippen molar-refractivity contribution in [2.24, 2.45) is 0 Å². The number of hydrogen-bond donors (Lipinski definition) is 1. The smallest absolute Gasteiger partial charge is 0.124 e. The fourth-order valence-corrected chi connectivity index (χ4v) is 3.64. The van der Waals surface area contributed by atoms with Crippen LogP contribution in [0.25, 0.3) is 0 Å². The third-order valence-electron chi connectivity index (χ3n) is 5.13. The van der Waals surface area contributed by atoms with Crippen molar-refractivity contribution in [3.05, 3.63) is 63.6 Å². The molecule has 0 saturated carbocycles. The molecule has 0 aliphatic rings. The van der Waals surface area contributed by atoms with Gasteiger partial charge in [-0.25, -0.2) is 0 Å². The Bertz CT molecular complexity index is 714. The van der Waals surface area contributed by atoms with E-state index in [-0.39, 0.29) is 0 Å². The summed E-state index contributed by atoms with van der Waals surface area (Å²) < 4.78 is 6.05. The topological polar surface area (TPSA) is 24.5 Å². The van der Waals surface area contributed by atoms with E-state index in [2.05, 4.69) is 24.1 Å². The molecule has 0 atom stereocenters. The van der Waals surface area contributed by atoms with Crippen molar-refractivity contribution in [3.8, 4) is 5.75 Å². The Balaban J connectivity index is 1.79. The first-order valence-corrected chi connectivity index (χ1v) is 12.0. The van der Waals surface area contributed by atoms with Crippen LogP contribution in [0.2, 0.25) is 10.0 Å². The van der Waals surface area contributed by atoms with Gasteiger partial charge in [-0.3, -0.25) is 0 Å². The van der Waals surface area contributed by atoms with E-state index in [0.29, 0.717) is 6.61 Å². The highest BCUT2D eigenvalue weighted by Gasteiger charge is 2.07. The maximum absolute atomic E-state index is 6.23. The van der Waals surface area contributed by atoms with Gasteiger partial charge in [0.05, 0.1) is 0 Å². The molecule has 0 saturated heterocycles. The molecule has 0 aliphatic heterocycles. The lowest BCUT2D eigenvalue weighted by atomic mass is 10.2. The highest BCUT2D eigenvalue weighted by molar-refractivity contribution is 6.30. The van der Waals surface area contributed by atoms with Crippen molar-refractivity contribution >= 4 is 23.2 Å². The van der Waals surface area contributed by atoms with E-state index in [1.54, 1.807) is 0 Å². The molecule has 0 spiro atoms. The van der Waals surface area contributed by atoms with Crippen molar-refractivity contribution in [1.29, 1.82) is 0 Å². The van der Waals surface area contributed by atoms with Crippen LogP contribution in [0.4, 0.5) is 0 Å². The van der Waals surface area contributed by atoms with Crippen molar-refractivity contribution in [2.75, 3.05) is 26.2 Å². The molecule has 166 valence electrons. The Morgan fingerprint density at radius 1 is 0.833 bits per heavy atom. The Kier molecular flexibility index (Phi) is 12.2. The molecule has 0 aromatic heterocycles. The van der Waals surface area contributed by atoms with Crippen LogP contribution in [0, 0.1) is 0 Å². The summed E-state index contributed by atoms with van der Waals surface area (Å²) in [6.45, 7) is 10.4. The molecule has 3 nitrogen and oxygen atoms in total. The number of halogens is 2. The third kappa shape index (κ3) is 9.70. The first-order valence-electron chi connectivity index (χ1n) is 11.2. The maximum atomic E-state index is 6.23. The zero-order chi connectivity index (χ0) is 21.6. The number of unbranched alkanes of at least 4 members (excludes halogenated alkanes) is 2. The van der Waals surface area contributed by atoms with Crippen LogP contribution in [0.1, 0.15) is 57.1 Å². The standard InChI is InChI=1S/C25H36Cl2N2O/c1-3-5-15-29(16-6-4-2)17-7-14-28-19-22-18-24(27)12-13-25(22)30-20-21-8-10-23(26)11-9-21/h8-13,18,28H,3-7,14-17,19-20H2,1-2H3. The number of benzene rings is 2. The SMILES string of the molecule is CCCCN(CCCC)CCCNCc1cc(Cl)ccc1OCc1ccc(Cl)cc1. The van der Waals surface area contributed by atoms with Gasteiger partial charge in [-0.05, 0) is 81.3 Å². The van der Waals surface area contributed by atoms with Gasteiger partial charge in [0.15, 0.2) is 0 Å². The van der Waals surface area contributed by atoms with Gasteiger partial charge in [-0.15, -0.1) is 0 Å². The third-order valence-corrected chi connectivity index (χ3v) is 5.62. The van der Waals surface area contributed by atoms with E-state index in [4.69, 9.17) is 27.9 Å². The second kappa shape index (κ2) is 14.7. The number of nitrogens with zero attached hydrogens (tertiary/aromatic N) is 1. The molecule has 0 radical (unpaired) electrons. The minimum atomic E-state index is 0.510. The van der Waals surface area contributed by atoms with Crippen LogP contribution >= 0.6 is 23.2 Å². The fraction of sp³-hybridized carbons (Fsp3) is 0.520. The lowest BCUT2D eigenvalue weighted by Gasteiger charge is -2.22. The Morgan fingerprint density at radius 2 is 1.47 bits per heavy atom. The van der Waals surface area contributed by atoms with Crippen LogP contribution in [0.15, 0.2) is 42.5 Å². The summed E-state index contributed by atoms with van der Waals surface area (Å²) >= 11 is 12.2. The van der Waals surface area contributed by atoms with Crippen LogP contribution in [0.3, 0.4) is 0 Å². The van der Waals surface area contributed by atoms with E-state index < -0.39 is 0 Å². The zero-order valence-electron chi connectivity index (χ0n) is 18.4. The summed E-state index contributed by atoms with van der Waals surface area (Å²) in [7, 11) is 0. The molecule has 0 aliphatic carbocycles. The summed E-state index contributed by atoms with van der Waals surface area (Å²) in [5.41, 5.74) is 2.18. The number of hydrogen-bond acceptors (Lipinski definition) is 3. The second-order valence-electron chi connectivity index (χ2n) is 7.75. The Labute approximate surface area is 192 Å². The molecule has 30 heavy (non-hydrogen) atoms. The van der Waals surface area contributed by atoms with Crippen LogP contribution < -0.4 is 10.1 Å². The lowest BCUT2D eigenvalue weighted by molar-refractivity contribution is 0.260. The molecule has 0 fully saturated rings. The molecule has 0 amide bonds. The van der Waals surface area contributed by atoms with E-state index in [1.807, 2.05) is 42.5 Å². The van der Waals surface area contributed by atoms with Crippen molar-refractivity contribution in [2.45, 2.75) is 59.1 Å². The first-order chi connectivity index (χ1) is 14.6. The maximum Gasteiger partial charge on any atom is 0.124 e. The van der Waals surface area contributed by atoms with Gasteiger partial charge in [0, 0.05) is 22.2 Å². The molecule has 2 aromatic carbocycles. The Hall–Kier alpha value is -1.26. The van der Waals surface area contributed by atoms with Crippen LogP contribution in [-0.4, -0.2) is 31.1 Å². The highest BCUT2D eigenvalue weighted by Crippen LogP contribution is 2.24. The summed E-state index contributed by atoms with van der Waals surface area (Å²) in [4.78, 5) is 2.61. The van der Waals surface area contributed by atoms with Crippen LogP contribution in [-0.2, 0) is 13.2 Å². The summed E-state index contributed by atoms with van der Waals surface area (Å²) in [6.07, 6.45) is 6.24. The highest BCUT2D eigenvalue weighted by atomic mass is 35.5. The predicted molar refractivity (Wildman–Crippen MR) is 130 cm³/mol. The molecule has 5 heteroatoms. The van der Waals surface area contributed by atoms with Crippen molar-refractivity contribution in [3.63, 3.8) is 0 Å². The molecule has 2 rings (SSSR count). The molecule has 0 bridgehead atoms. The molecular weight excluding hydrogens is 415 g/mol. The number of ether oxygens (including phenoxy) is 1. The van der Waals surface area contributed by atoms with E-state index in [1.165, 1.54) is 38.8 Å². The van der Waals surface area contributed by atoms with Gasteiger partial charge in [0.25, 0.3) is 0 Å². The van der Waals surface area contributed by atoms with Crippen molar-refractivity contribution in [1.82, 2.24) is 10.2 Å². The van der Waals surface area contributed by atoms with E-state index in [0.717, 1.165) is 53.0 Å². The zero-order valence-corrected chi connectivity index (χ0v) is 19.9. The lowest BCUT2D eigenvalue weighted by Crippen LogP contribution is -2.29. The number of nitrogens with one attached hydrogen (secondary N) is 1. The molecule has 1 N–H and O–H groups in total. The van der Waals surface area contributed by atoms with Gasteiger partial charge in [-0.2, -0.15) is 0 Å². The van der Waals surface area contributed by atoms with Gasteiger partial charge in [0.1, 0.15) is 12.4 Å². The predicted octanol–water partition coefficient (Wildman–Crippen LogP) is 6.95. The minimum absolute atomic E-state index is 0.510. The fourth-order valence-electron chi connectivity index (χ4n) is 3.32. The first kappa shape index (κ1) is 25.0. The van der Waals surface area contributed by atoms with Gasteiger partial charge >= 0.3 is 0 Å². The average molecular weight is 451 g/mol. The largest absolute Gasteiger partial charge is 0.489 e. The Morgan fingerprint density at radius 3 is 2.13 bits per heavy atom. The van der Waals surface area contributed by atoms with Gasteiger partial charge in [-0.1, -0.05) is 62.0 Å². The normalized spacial score (nSPS) is 11.2. The average Bonchev–Trinajstić information content (AvgIpc) is 2.75. The molecular formula is C25H36Cl2N2O. The summed E-state index contributed by atoms with van der Waals surface area (Å²) in [5.74, 6) is 0.870. The summed E-state index contributed by atoms with van der Waals surface area (Å²) in [5, 5.41) is 5.03. The van der Waals surface area contributed by atoms with Gasteiger partial charge in [0.2, 0.25) is 0 Å². The molecule has 0 heterocycles. The number of rotatable bonds is 15. The monoisotopic (exact) mass is 450 g/mol. The molecule has 2 aromatic rings. The van der Waals surface area contributed by atoms with Crippen molar-refractivity contribution < 1.29 is 4.74 Å². The quantitative estimate of drug-likeness (QED) is 0.297. The minimum Gasteiger partial charge on any atom is -0.489 e. The van der Waals surface area contributed by atoms with Crippen LogP contribution in [0.5, 0.6) is 5.75 Å². The second-order valence-corrected chi connectivity index (χ2v) is 8.62. The molecule has 0 unspecified atom stereocenters.